The number of nitrogens with zero attached hydrogens (tertiary/aromatic N) is 2. The van der Waals surface area contributed by atoms with E-state index in [9.17, 15) is 9.59 Å². The van der Waals surface area contributed by atoms with E-state index in [1.54, 1.807) is 36.1 Å². The van der Waals surface area contributed by atoms with Crippen molar-refractivity contribution in [2.45, 2.75) is 19.9 Å². The van der Waals surface area contributed by atoms with Crippen LogP contribution in [0.15, 0.2) is 77.3 Å². The number of H-pyrrole nitrogens is 1. The smallest absolute Gasteiger partial charge is 0.338 e. The molecule has 7 heteroatoms. The normalized spacial score (nSPS) is 14.9. The van der Waals surface area contributed by atoms with Crippen molar-refractivity contribution in [2.24, 2.45) is 0 Å². The van der Waals surface area contributed by atoms with Crippen LogP contribution < -0.4 is 4.90 Å². The molecule has 6 nitrogen and oxygen atoms in total. The molecule has 1 amide bonds. The van der Waals surface area contributed by atoms with Gasteiger partial charge in [0.1, 0.15) is 5.69 Å². The maximum atomic E-state index is 13.6. The molecule has 2 heterocycles. The van der Waals surface area contributed by atoms with Gasteiger partial charge in [0.2, 0.25) is 0 Å². The summed E-state index contributed by atoms with van der Waals surface area (Å²) in [6, 6.07) is 22.6. The number of anilines is 1. The first-order valence-electron chi connectivity index (χ1n) is 11.0. The number of nitrogens with one attached hydrogen (secondary N) is 1. The summed E-state index contributed by atoms with van der Waals surface area (Å²) in [5.74, 6) is -0.559. The first kappa shape index (κ1) is 22.1. The second-order valence-electron chi connectivity index (χ2n) is 8.13. The van der Waals surface area contributed by atoms with Gasteiger partial charge in [-0.1, -0.05) is 57.9 Å². The Balaban J connectivity index is 1.64. The van der Waals surface area contributed by atoms with E-state index in [1.807, 2.05) is 55.5 Å². The highest BCUT2D eigenvalue weighted by atomic mass is 79.9. The fourth-order valence-electron chi connectivity index (χ4n) is 4.31. The summed E-state index contributed by atoms with van der Waals surface area (Å²) in [5.41, 5.74) is 6.22. The SMILES string of the molecule is CCOC(=O)c1ccc(N2C(=O)c3[nH]nc(-c4ccc(C)cc4)c3C2c2cccc(Br)c2)cc1. The van der Waals surface area contributed by atoms with E-state index >= 15 is 0 Å². The predicted octanol–water partition coefficient (Wildman–Crippen LogP) is 6.07. The van der Waals surface area contributed by atoms with Crippen molar-refractivity contribution in [1.82, 2.24) is 10.2 Å². The molecule has 4 aromatic rings. The average Bonchev–Trinajstić information content (AvgIpc) is 3.39. The molecule has 0 spiro atoms. The number of aryl methyl sites for hydroxylation is 1. The van der Waals surface area contributed by atoms with E-state index in [1.165, 1.54) is 0 Å². The fraction of sp³-hybridized carbons (Fsp3) is 0.148. The molecule has 0 saturated carbocycles. The molecule has 1 aliphatic heterocycles. The van der Waals surface area contributed by atoms with Crippen molar-refractivity contribution in [2.75, 3.05) is 11.5 Å². The van der Waals surface area contributed by atoms with Crippen LogP contribution in [0.2, 0.25) is 0 Å². The lowest BCUT2D eigenvalue weighted by molar-refractivity contribution is 0.0526. The van der Waals surface area contributed by atoms with Crippen molar-refractivity contribution in [3.8, 4) is 11.3 Å². The molecule has 1 unspecified atom stereocenters. The minimum atomic E-state index is -0.388. The van der Waals surface area contributed by atoms with Gasteiger partial charge in [-0.2, -0.15) is 5.10 Å². The molecule has 1 aliphatic rings. The fourth-order valence-corrected chi connectivity index (χ4v) is 4.73. The van der Waals surface area contributed by atoms with Crippen molar-refractivity contribution in [3.63, 3.8) is 0 Å². The molecule has 1 aromatic heterocycles. The number of carbonyl (C=O) groups excluding carboxylic acids is 2. The van der Waals surface area contributed by atoms with Crippen LogP contribution in [0.3, 0.4) is 0 Å². The number of aromatic amines is 1. The largest absolute Gasteiger partial charge is 0.462 e. The number of fused-ring (bicyclic) bond motifs is 1. The number of esters is 1. The van der Waals surface area contributed by atoms with E-state index < -0.39 is 0 Å². The monoisotopic (exact) mass is 515 g/mol. The van der Waals surface area contributed by atoms with Gasteiger partial charge in [0.25, 0.3) is 5.91 Å². The van der Waals surface area contributed by atoms with Gasteiger partial charge < -0.3 is 4.74 Å². The summed E-state index contributed by atoms with van der Waals surface area (Å²) in [7, 11) is 0. The van der Waals surface area contributed by atoms with Crippen LogP contribution in [0.4, 0.5) is 5.69 Å². The summed E-state index contributed by atoms with van der Waals surface area (Å²) in [5, 5.41) is 7.51. The topological polar surface area (TPSA) is 75.3 Å². The van der Waals surface area contributed by atoms with Crippen molar-refractivity contribution < 1.29 is 14.3 Å². The maximum absolute atomic E-state index is 13.6. The molecule has 170 valence electrons. The lowest BCUT2D eigenvalue weighted by Gasteiger charge is -2.27. The Bertz CT molecular complexity index is 1380. The molecule has 34 heavy (non-hydrogen) atoms. The zero-order valence-electron chi connectivity index (χ0n) is 18.7. The summed E-state index contributed by atoms with van der Waals surface area (Å²) < 4.78 is 6.01. The summed E-state index contributed by atoms with van der Waals surface area (Å²) in [4.78, 5) is 27.5. The standard InChI is InChI=1S/C27H22BrN3O3/c1-3-34-27(33)18-11-13-21(14-12-18)31-25(19-5-4-6-20(28)15-19)22-23(29-30-24(22)26(31)32)17-9-7-16(2)8-10-17/h4-15,25H,3H2,1-2H3,(H,29,30). The number of benzene rings is 3. The van der Waals surface area contributed by atoms with Gasteiger partial charge in [-0.25, -0.2) is 4.79 Å². The zero-order valence-corrected chi connectivity index (χ0v) is 20.3. The lowest BCUT2D eigenvalue weighted by atomic mass is 9.95. The minimum absolute atomic E-state index is 0.172. The third-order valence-electron chi connectivity index (χ3n) is 5.91. The number of hydrogen-bond donors (Lipinski definition) is 1. The molecule has 0 saturated heterocycles. The van der Waals surface area contributed by atoms with Gasteiger partial charge in [-0.3, -0.25) is 14.8 Å². The Hall–Kier alpha value is -3.71. The number of rotatable bonds is 5. The van der Waals surface area contributed by atoms with E-state index in [0.29, 0.717) is 23.6 Å². The Morgan fingerprint density at radius 2 is 1.82 bits per heavy atom. The van der Waals surface area contributed by atoms with Crippen molar-refractivity contribution in [3.05, 3.63) is 105 Å². The number of halogens is 1. The lowest BCUT2D eigenvalue weighted by Crippen LogP contribution is -2.29. The van der Waals surface area contributed by atoms with Crippen LogP contribution in [-0.4, -0.2) is 28.7 Å². The Kier molecular flexibility index (Phi) is 5.79. The highest BCUT2D eigenvalue weighted by Crippen LogP contribution is 2.45. The van der Waals surface area contributed by atoms with E-state index in [-0.39, 0.29) is 17.9 Å². The van der Waals surface area contributed by atoms with E-state index in [4.69, 9.17) is 4.74 Å². The van der Waals surface area contributed by atoms with Gasteiger partial charge >= 0.3 is 5.97 Å². The molecule has 3 aromatic carbocycles. The van der Waals surface area contributed by atoms with Gasteiger partial charge in [0.05, 0.1) is 23.9 Å². The third kappa shape index (κ3) is 3.82. The van der Waals surface area contributed by atoms with Crippen LogP contribution in [0.5, 0.6) is 0 Å². The average molecular weight is 516 g/mol. The van der Waals surface area contributed by atoms with Crippen LogP contribution in [0, 0.1) is 6.92 Å². The van der Waals surface area contributed by atoms with Gasteiger partial charge in [0.15, 0.2) is 0 Å². The maximum Gasteiger partial charge on any atom is 0.338 e. The molecule has 0 bridgehead atoms. The molecule has 0 aliphatic carbocycles. The second-order valence-corrected chi connectivity index (χ2v) is 9.04. The van der Waals surface area contributed by atoms with Crippen LogP contribution in [-0.2, 0) is 4.74 Å². The van der Waals surface area contributed by atoms with E-state index in [2.05, 4.69) is 26.1 Å². The zero-order chi connectivity index (χ0) is 23.8. The van der Waals surface area contributed by atoms with Crippen LogP contribution in [0.25, 0.3) is 11.3 Å². The summed E-state index contributed by atoms with van der Waals surface area (Å²) >= 11 is 3.56. The van der Waals surface area contributed by atoms with Crippen LogP contribution in [0.1, 0.15) is 50.5 Å². The Morgan fingerprint density at radius 3 is 2.50 bits per heavy atom. The second kappa shape index (κ2) is 8.91. The molecular formula is C27H22BrN3O3. The number of carbonyl (C=O) groups is 2. The minimum Gasteiger partial charge on any atom is -0.462 e. The van der Waals surface area contributed by atoms with Gasteiger partial charge in [-0.05, 0) is 55.8 Å². The third-order valence-corrected chi connectivity index (χ3v) is 6.41. The number of hydrogen-bond acceptors (Lipinski definition) is 4. The molecule has 0 fully saturated rings. The molecule has 1 N–H and O–H groups in total. The van der Waals surface area contributed by atoms with Gasteiger partial charge in [0, 0.05) is 21.3 Å². The van der Waals surface area contributed by atoms with Crippen molar-refractivity contribution >= 4 is 33.5 Å². The van der Waals surface area contributed by atoms with E-state index in [0.717, 1.165) is 32.4 Å². The highest BCUT2D eigenvalue weighted by molar-refractivity contribution is 9.10. The summed E-state index contributed by atoms with van der Waals surface area (Å²) in [6.07, 6.45) is 0. The number of ether oxygens (including phenoxy) is 1. The Morgan fingerprint density at radius 1 is 1.09 bits per heavy atom. The first-order valence-corrected chi connectivity index (χ1v) is 11.8. The number of aromatic nitrogens is 2. The molecule has 1 atom stereocenters. The quantitative estimate of drug-likeness (QED) is 0.327. The van der Waals surface area contributed by atoms with Crippen molar-refractivity contribution in [1.29, 1.82) is 0 Å². The first-order chi connectivity index (χ1) is 16.5. The summed E-state index contributed by atoms with van der Waals surface area (Å²) in [6.45, 7) is 4.11. The molecular weight excluding hydrogens is 494 g/mol. The predicted molar refractivity (Wildman–Crippen MR) is 134 cm³/mol. The Labute approximate surface area is 205 Å². The number of amides is 1. The van der Waals surface area contributed by atoms with Gasteiger partial charge in [-0.15, -0.1) is 0 Å². The van der Waals surface area contributed by atoms with Crippen LogP contribution >= 0.6 is 15.9 Å². The highest BCUT2D eigenvalue weighted by Gasteiger charge is 2.43. The molecule has 5 rings (SSSR count). The molecule has 0 radical (unpaired) electrons.